The van der Waals surface area contributed by atoms with Gasteiger partial charge in [-0.05, 0) is 19.8 Å². The maximum atomic E-state index is 12.1. The van der Waals surface area contributed by atoms with Gasteiger partial charge in [0.25, 0.3) is 10.2 Å². The van der Waals surface area contributed by atoms with Crippen LogP contribution in [0.1, 0.15) is 40.0 Å². The van der Waals surface area contributed by atoms with Crippen molar-refractivity contribution in [2.45, 2.75) is 46.1 Å². The molecule has 0 aliphatic heterocycles. The van der Waals surface area contributed by atoms with Gasteiger partial charge in [-0.25, -0.2) is 0 Å². The van der Waals surface area contributed by atoms with Crippen LogP contribution in [0.25, 0.3) is 0 Å². The molecule has 0 bridgehead atoms. The summed E-state index contributed by atoms with van der Waals surface area (Å²) in [6.45, 7) is 6.46. The second-order valence-corrected chi connectivity index (χ2v) is 5.91. The van der Waals surface area contributed by atoms with Crippen molar-refractivity contribution in [3.05, 3.63) is 0 Å². The molecule has 0 amide bonds. The van der Waals surface area contributed by atoms with Gasteiger partial charge in [0.1, 0.15) is 0 Å². The fourth-order valence-electron chi connectivity index (χ4n) is 1.55. The van der Waals surface area contributed by atoms with Crippen molar-refractivity contribution in [1.82, 2.24) is 9.03 Å². The van der Waals surface area contributed by atoms with E-state index in [1.54, 1.807) is 6.92 Å². The molecule has 0 aromatic heterocycles. The van der Waals surface area contributed by atoms with Gasteiger partial charge >= 0.3 is 5.97 Å². The van der Waals surface area contributed by atoms with Gasteiger partial charge in [-0.3, -0.25) is 4.79 Å². The Morgan fingerprint density at radius 1 is 1.28 bits per heavy atom. The topological polar surface area (TPSA) is 75.7 Å². The number of ether oxygens (including phenoxy) is 1. The molecule has 1 unspecified atom stereocenters. The SMILES string of the molecule is CCCN(CCC)S(=O)(=O)NC(C)CC(=O)OC. The highest BCUT2D eigenvalue weighted by Crippen LogP contribution is 2.04. The molecule has 0 fully saturated rings. The zero-order valence-electron chi connectivity index (χ0n) is 11.6. The molecule has 108 valence electrons. The molecule has 0 rings (SSSR count). The molecule has 0 saturated carbocycles. The first kappa shape index (κ1) is 17.3. The van der Waals surface area contributed by atoms with E-state index in [4.69, 9.17) is 0 Å². The molecule has 0 aliphatic rings. The average molecular weight is 280 g/mol. The van der Waals surface area contributed by atoms with Crippen molar-refractivity contribution >= 4 is 16.2 Å². The van der Waals surface area contributed by atoms with E-state index < -0.39 is 22.2 Å². The Hall–Kier alpha value is -0.660. The van der Waals surface area contributed by atoms with Gasteiger partial charge in [0.2, 0.25) is 0 Å². The predicted molar refractivity (Wildman–Crippen MR) is 70.3 cm³/mol. The highest BCUT2D eigenvalue weighted by atomic mass is 32.2. The lowest BCUT2D eigenvalue weighted by Gasteiger charge is -2.23. The van der Waals surface area contributed by atoms with Crippen molar-refractivity contribution in [3.63, 3.8) is 0 Å². The van der Waals surface area contributed by atoms with Crippen LogP contribution in [-0.4, -0.2) is 44.9 Å². The fraction of sp³-hybridized carbons (Fsp3) is 0.909. The minimum atomic E-state index is -3.52. The Kier molecular flexibility index (Phi) is 8.13. The van der Waals surface area contributed by atoms with Crippen molar-refractivity contribution in [2.75, 3.05) is 20.2 Å². The van der Waals surface area contributed by atoms with E-state index in [9.17, 15) is 13.2 Å². The zero-order valence-corrected chi connectivity index (χ0v) is 12.4. The molecule has 0 heterocycles. The van der Waals surface area contributed by atoms with Crippen molar-refractivity contribution < 1.29 is 17.9 Å². The minimum Gasteiger partial charge on any atom is -0.469 e. The van der Waals surface area contributed by atoms with Gasteiger partial charge in [-0.1, -0.05) is 13.8 Å². The number of nitrogens with one attached hydrogen (secondary N) is 1. The number of hydrogen-bond acceptors (Lipinski definition) is 4. The molecular formula is C11H24N2O4S. The van der Waals surface area contributed by atoms with Crippen LogP contribution in [-0.2, 0) is 19.7 Å². The van der Waals surface area contributed by atoms with Crippen LogP contribution >= 0.6 is 0 Å². The summed E-state index contributed by atoms with van der Waals surface area (Å²) in [5.74, 6) is -0.428. The summed E-state index contributed by atoms with van der Waals surface area (Å²) in [6.07, 6.45) is 1.54. The van der Waals surface area contributed by atoms with E-state index in [-0.39, 0.29) is 6.42 Å². The summed E-state index contributed by atoms with van der Waals surface area (Å²) in [7, 11) is -2.24. The average Bonchev–Trinajstić information content (AvgIpc) is 2.27. The Bertz CT molecular complexity index is 337. The van der Waals surface area contributed by atoms with Gasteiger partial charge in [0, 0.05) is 19.1 Å². The number of nitrogens with zero attached hydrogens (tertiary/aromatic N) is 1. The Balaban J connectivity index is 4.55. The van der Waals surface area contributed by atoms with Crippen LogP contribution < -0.4 is 4.72 Å². The third-order valence-electron chi connectivity index (χ3n) is 2.34. The maximum absolute atomic E-state index is 12.1. The van der Waals surface area contributed by atoms with Gasteiger partial charge < -0.3 is 4.74 Å². The first-order chi connectivity index (χ1) is 8.37. The number of carbonyl (C=O) groups is 1. The number of rotatable bonds is 9. The lowest BCUT2D eigenvalue weighted by molar-refractivity contribution is -0.140. The molecule has 7 heteroatoms. The smallest absolute Gasteiger partial charge is 0.307 e. The molecule has 1 N–H and O–H groups in total. The van der Waals surface area contributed by atoms with E-state index in [2.05, 4.69) is 9.46 Å². The zero-order chi connectivity index (χ0) is 14.2. The Morgan fingerprint density at radius 3 is 2.17 bits per heavy atom. The quantitative estimate of drug-likeness (QED) is 0.637. The monoisotopic (exact) mass is 280 g/mol. The highest BCUT2D eigenvalue weighted by Gasteiger charge is 2.23. The number of esters is 1. The first-order valence-electron chi connectivity index (χ1n) is 6.21. The first-order valence-corrected chi connectivity index (χ1v) is 7.65. The maximum Gasteiger partial charge on any atom is 0.307 e. The molecule has 6 nitrogen and oxygen atoms in total. The molecule has 0 radical (unpaired) electrons. The largest absolute Gasteiger partial charge is 0.469 e. The van der Waals surface area contributed by atoms with E-state index in [1.807, 2.05) is 13.8 Å². The third kappa shape index (κ3) is 6.32. The summed E-state index contributed by atoms with van der Waals surface area (Å²) in [6, 6.07) is -0.473. The molecule has 0 aromatic rings. The lowest BCUT2D eigenvalue weighted by atomic mass is 10.3. The van der Waals surface area contributed by atoms with Crippen LogP contribution in [0.15, 0.2) is 0 Å². The summed E-state index contributed by atoms with van der Waals surface area (Å²) in [5.41, 5.74) is 0. The summed E-state index contributed by atoms with van der Waals surface area (Å²) >= 11 is 0. The Morgan fingerprint density at radius 2 is 1.78 bits per heavy atom. The van der Waals surface area contributed by atoms with Crippen LogP contribution in [0.5, 0.6) is 0 Å². The number of methoxy groups -OCH3 is 1. The van der Waals surface area contributed by atoms with Crippen molar-refractivity contribution in [1.29, 1.82) is 0 Å². The van der Waals surface area contributed by atoms with E-state index >= 15 is 0 Å². The highest BCUT2D eigenvalue weighted by molar-refractivity contribution is 7.87. The molecule has 0 spiro atoms. The molecule has 18 heavy (non-hydrogen) atoms. The fourth-order valence-corrected chi connectivity index (χ4v) is 3.14. The predicted octanol–water partition coefficient (Wildman–Crippen LogP) is 0.894. The summed E-state index contributed by atoms with van der Waals surface area (Å²) in [5, 5.41) is 0. The molecule has 1 atom stereocenters. The number of carbonyl (C=O) groups excluding carboxylic acids is 1. The van der Waals surface area contributed by atoms with E-state index in [1.165, 1.54) is 11.4 Å². The normalized spacial score (nSPS) is 13.6. The second-order valence-electron chi connectivity index (χ2n) is 4.20. The summed E-state index contributed by atoms with van der Waals surface area (Å²) in [4.78, 5) is 11.1. The van der Waals surface area contributed by atoms with Gasteiger partial charge in [-0.2, -0.15) is 17.4 Å². The standard InChI is InChI=1S/C11H24N2O4S/c1-5-7-13(8-6-2)18(15,16)12-10(3)9-11(14)17-4/h10,12H,5-9H2,1-4H3. The lowest BCUT2D eigenvalue weighted by Crippen LogP contribution is -2.45. The number of hydrogen-bond donors (Lipinski definition) is 1. The van der Waals surface area contributed by atoms with E-state index in [0.29, 0.717) is 13.1 Å². The van der Waals surface area contributed by atoms with Crippen molar-refractivity contribution in [3.8, 4) is 0 Å². The second kappa shape index (κ2) is 8.44. The van der Waals surface area contributed by atoms with Gasteiger partial charge in [0.15, 0.2) is 0 Å². The summed E-state index contributed by atoms with van der Waals surface area (Å²) < 4.78 is 32.5. The minimum absolute atomic E-state index is 0.0296. The van der Waals surface area contributed by atoms with E-state index in [0.717, 1.165) is 12.8 Å². The Labute approximate surface area is 110 Å². The molecular weight excluding hydrogens is 256 g/mol. The van der Waals surface area contributed by atoms with Crippen LogP contribution in [0.3, 0.4) is 0 Å². The van der Waals surface area contributed by atoms with Crippen molar-refractivity contribution in [2.24, 2.45) is 0 Å². The van der Waals surface area contributed by atoms with Gasteiger partial charge in [0.05, 0.1) is 13.5 Å². The van der Waals surface area contributed by atoms with Crippen LogP contribution in [0.4, 0.5) is 0 Å². The van der Waals surface area contributed by atoms with Crippen LogP contribution in [0.2, 0.25) is 0 Å². The van der Waals surface area contributed by atoms with Gasteiger partial charge in [-0.15, -0.1) is 0 Å². The van der Waals surface area contributed by atoms with Crippen LogP contribution in [0, 0.1) is 0 Å². The molecule has 0 aromatic carbocycles. The molecule has 0 saturated heterocycles. The molecule has 0 aliphatic carbocycles. The third-order valence-corrected chi connectivity index (χ3v) is 4.08.